The van der Waals surface area contributed by atoms with Crippen LogP contribution < -0.4 is 10.5 Å². The largest absolute Gasteiger partial charge is 0.489 e. The number of nitrogen functional groups attached to an aromatic ring is 1. The van der Waals surface area contributed by atoms with Gasteiger partial charge in [0, 0.05) is 6.20 Å². The van der Waals surface area contributed by atoms with Crippen molar-refractivity contribution >= 4 is 17.6 Å². The quantitative estimate of drug-likeness (QED) is 0.604. The number of nitrogens with two attached hydrogens (primary N) is 1. The number of rotatable bonds is 7. The molecular formula is C20H25N3O. The molecule has 24 heavy (non-hydrogen) atoms. The second-order valence-electron chi connectivity index (χ2n) is 5.46. The number of hydrogen-bond acceptors (Lipinski definition) is 3. The van der Waals surface area contributed by atoms with Crippen LogP contribution in [-0.2, 0) is 6.42 Å². The highest BCUT2D eigenvalue weighted by molar-refractivity contribution is 5.83. The standard InChI is InChI=1S/C20H25N3O/c1-5-8-11-24-19-10-9-18(12-16(19)6-2)17(7-3)13-23-14-20(21)22-15(23)4/h5,7-10,12-14H,3,6,11,21H2,1-2,4H3/b8-5-,17-13+. The second kappa shape index (κ2) is 8.20. The SMILES string of the molecule is C=C/C(=C\n1cc(N)nc1C)c1ccc(OC/C=C\C)c(CC)c1. The minimum absolute atomic E-state index is 0.508. The van der Waals surface area contributed by atoms with Crippen LogP contribution in [0.5, 0.6) is 5.75 Å². The van der Waals surface area contributed by atoms with Crippen LogP contribution in [0.25, 0.3) is 11.8 Å². The van der Waals surface area contributed by atoms with Crippen LogP contribution in [0.1, 0.15) is 30.8 Å². The fourth-order valence-corrected chi connectivity index (χ4v) is 2.45. The molecule has 4 nitrogen and oxygen atoms in total. The van der Waals surface area contributed by atoms with Crippen LogP contribution in [0.4, 0.5) is 5.82 Å². The predicted octanol–water partition coefficient (Wildman–Crippen LogP) is 4.48. The van der Waals surface area contributed by atoms with Crippen molar-refractivity contribution in [2.75, 3.05) is 12.3 Å². The highest BCUT2D eigenvalue weighted by Gasteiger charge is 2.07. The predicted molar refractivity (Wildman–Crippen MR) is 102 cm³/mol. The molecule has 0 aliphatic carbocycles. The number of aryl methyl sites for hydroxylation is 2. The summed E-state index contributed by atoms with van der Waals surface area (Å²) in [5, 5.41) is 0. The Morgan fingerprint density at radius 2 is 2.21 bits per heavy atom. The van der Waals surface area contributed by atoms with Crippen molar-refractivity contribution < 1.29 is 4.74 Å². The van der Waals surface area contributed by atoms with Gasteiger partial charge < -0.3 is 15.0 Å². The van der Waals surface area contributed by atoms with E-state index in [9.17, 15) is 0 Å². The zero-order valence-corrected chi connectivity index (χ0v) is 14.6. The molecule has 0 unspecified atom stereocenters. The maximum Gasteiger partial charge on any atom is 0.142 e. The van der Waals surface area contributed by atoms with E-state index in [2.05, 4.69) is 24.6 Å². The van der Waals surface area contributed by atoms with Crippen molar-refractivity contribution in [3.8, 4) is 5.75 Å². The number of imidazole rings is 1. The Labute approximate surface area is 144 Å². The molecule has 0 saturated heterocycles. The third-order valence-electron chi connectivity index (χ3n) is 3.78. The number of benzene rings is 1. The smallest absolute Gasteiger partial charge is 0.142 e. The first kappa shape index (κ1) is 17.6. The average molecular weight is 323 g/mol. The molecule has 0 atom stereocenters. The summed E-state index contributed by atoms with van der Waals surface area (Å²) in [6, 6.07) is 6.21. The van der Waals surface area contributed by atoms with E-state index in [1.54, 1.807) is 6.20 Å². The summed E-state index contributed by atoms with van der Waals surface area (Å²) in [4.78, 5) is 4.22. The molecular weight excluding hydrogens is 298 g/mol. The van der Waals surface area contributed by atoms with Gasteiger partial charge >= 0.3 is 0 Å². The summed E-state index contributed by atoms with van der Waals surface area (Å²) in [5.74, 6) is 2.27. The van der Waals surface area contributed by atoms with E-state index in [4.69, 9.17) is 10.5 Å². The molecule has 0 spiro atoms. The third kappa shape index (κ3) is 4.16. The van der Waals surface area contributed by atoms with Crippen LogP contribution in [0, 0.1) is 6.92 Å². The lowest BCUT2D eigenvalue weighted by molar-refractivity contribution is 0.359. The summed E-state index contributed by atoms with van der Waals surface area (Å²) in [5.41, 5.74) is 9.02. The van der Waals surface area contributed by atoms with Gasteiger partial charge in [-0.15, -0.1) is 0 Å². The molecule has 0 fully saturated rings. The molecule has 0 amide bonds. The summed E-state index contributed by atoms with van der Waals surface area (Å²) in [6.07, 6.45) is 10.5. The monoisotopic (exact) mass is 323 g/mol. The van der Waals surface area contributed by atoms with Gasteiger partial charge in [-0.05, 0) is 49.1 Å². The van der Waals surface area contributed by atoms with Crippen LogP contribution in [0.2, 0.25) is 0 Å². The molecule has 4 heteroatoms. The molecule has 0 aliphatic heterocycles. The van der Waals surface area contributed by atoms with Crippen LogP contribution >= 0.6 is 0 Å². The van der Waals surface area contributed by atoms with Crippen LogP contribution in [0.15, 0.2) is 49.2 Å². The first-order valence-corrected chi connectivity index (χ1v) is 8.11. The van der Waals surface area contributed by atoms with E-state index < -0.39 is 0 Å². The maximum atomic E-state index is 5.81. The fraction of sp³-hybridized carbons (Fsp3) is 0.250. The number of ether oxygens (including phenoxy) is 1. The van der Waals surface area contributed by atoms with Gasteiger partial charge in [0.25, 0.3) is 0 Å². The lowest BCUT2D eigenvalue weighted by Crippen LogP contribution is -1.98. The Morgan fingerprint density at radius 1 is 1.42 bits per heavy atom. The minimum Gasteiger partial charge on any atom is -0.489 e. The Bertz CT molecular complexity index is 769. The van der Waals surface area contributed by atoms with Gasteiger partial charge in [0.15, 0.2) is 0 Å². The van der Waals surface area contributed by atoms with E-state index in [0.717, 1.165) is 29.1 Å². The zero-order valence-electron chi connectivity index (χ0n) is 14.6. The van der Waals surface area contributed by atoms with Gasteiger partial charge in [0.1, 0.15) is 24.0 Å². The first-order chi connectivity index (χ1) is 11.6. The molecule has 1 aromatic heterocycles. The maximum absolute atomic E-state index is 5.81. The summed E-state index contributed by atoms with van der Waals surface area (Å²) >= 11 is 0. The fourth-order valence-electron chi connectivity index (χ4n) is 2.45. The highest BCUT2D eigenvalue weighted by Crippen LogP contribution is 2.26. The van der Waals surface area contributed by atoms with Gasteiger partial charge in [0.2, 0.25) is 0 Å². The van der Waals surface area contributed by atoms with Gasteiger partial charge in [-0.1, -0.05) is 37.8 Å². The molecule has 1 heterocycles. The molecule has 2 aromatic rings. The lowest BCUT2D eigenvalue weighted by atomic mass is 10.0. The average Bonchev–Trinajstić information content (AvgIpc) is 2.90. The Hall–Kier alpha value is -2.75. The molecule has 2 N–H and O–H groups in total. The minimum atomic E-state index is 0.508. The van der Waals surface area contributed by atoms with Crippen LogP contribution in [0.3, 0.4) is 0 Å². The van der Waals surface area contributed by atoms with Gasteiger partial charge in [-0.25, -0.2) is 4.98 Å². The Morgan fingerprint density at radius 3 is 2.79 bits per heavy atom. The first-order valence-electron chi connectivity index (χ1n) is 8.11. The van der Waals surface area contributed by atoms with Crippen molar-refractivity contribution in [3.63, 3.8) is 0 Å². The van der Waals surface area contributed by atoms with Crippen molar-refractivity contribution in [3.05, 3.63) is 66.2 Å². The number of aromatic nitrogens is 2. The van der Waals surface area contributed by atoms with Gasteiger partial charge in [-0.2, -0.15) is 0 Å². The molecule has 0 bridgehead atoms. The van der Waals surface area contributed by atoms with Crippen molar-refractivity contribution in [2.24, 2.45) is 0 Å². The summed E-state index contributed by atoms with van der Waals surface area (Å²) in [6.45, 7) is 10.5. The number of anilines is 1. The molecule has 0 aliphatic rings. The molecule has 126 valence electrons. The molecule has 1 aromatic carbocycles. The molecule has 0 radical (unpaired) electrons. The zero-order chi connectivity index (χ0) is 17.5. The topological polar surface area (TPSA) is 53.1 Å². The number of nitrogens with zero attached hydrogens (tertiary/aromatic N) is 2. The van der Waals surface area contributed by atoms with E-state index in [1.165, 1.54) is 5.56 Å². The Kier molecular flexibility index (Phi) is 6.01. The van der Waals surface area contributed by atoms with E-state index in [0.29, 0.717) is 12.4 Å². The van der Waals surface area contributed by atoms with Gasteiger partial charge in [-0.3, -0.25) is 0 Å². The van der Waals surface area contributed by atoms with E-state index in [1.807, 2.05) is 55.0 Å². The van der Waals surface area contributed by atoms with Crippen molar-refractivity contribution in [1.82, 2.24) is 9.55 Å². The van der Waals surface area contributed by atoms with E-state index in [-0.39, 0.29) is 0 Å². The normalized spacial score (nSPS) is 11.9. The van der Waals surface area contributed by atoms with Gasteiger partial charge in [0.05, 0.1) is 6.20 Å². The van der Waals surface area contributed by atoms with Crippen molar-refractivity contribution in [2.45, 2.75) is 27.2 Å². The highest BCUT2D eigenvalue weighted by atomic mass is 16.5. The van der Waals surface area contributed by atoms with Crippen LogP contribution in [-0.4, -0.2) is 16.2 Å². The second-order valence-corrected chi connectivity index (χ2v) is 5.46. The number of hydrogen-bond donors (Lipinski definition) is 1. The lowest BCUT2D eigenvalue weighted by Gasteiger charge is -2.12. The Balaban J connectivity index is 2.35. The third-order valence-corrected chi connectivity index (χ3v) is 3.78. The molecule has 0 saturated carbocycles. The summed E-state index contributed by atoms with van der Waals surface area (Å²) < 4.78 is 7.72. The van der Waals surface area contributed by atoms with E-state index >= 15 is 0 Å². The summed E-state index contributed by atoms with van der Waals surface area (Å²) in [7, 11) is 0. The number of allylic oxidation sites excluding steroid dienone is 3. The van der Waals surface area contributed by atoms with Crippen molar-refractivity contribution in [1.29, 1.82) is 0 Å². The molecule has 2 rings (SSSR count).